The molecule has 8 heteroatoms. The highest BCUT2D eigenvalue weighted by Crippen LogP contribution is 2.42. The molecule has 2 aromatic heterocycles. The standard InChI is InChI=1S/C23H24Cl2N4OS/c1-14-13-16(15(2)29(14)19-9-5-7-17(24)20(19)25)22-21(18-8-3-4-10-26-18)27-23(31)28(22)11-6-12-30/h3-5,7-10,13,21-22,30H,6,11-12H2,1-2H3,(H,27,31)/t21-,22+/m1/s1. The molecule has 31 heavy (non-hydrogen) atoms. The lowest BCUT2D eigenvalue weighted by atomic mass is 9.96. The van der Waals surface area contributed by atoms with Crippen LogP contribution in [-0.4, -0.2) is 37.8 Å². The number of nitrogens with zero attached hydrogens (tertiary/aromatic N) is 3. The minimum absolute atomic E-state index is 0.0631. The van der Waals surface area contributed by atoms with Gasteiger partial charge >= 0.3 is 0 Å². The number of thiocarbonyl (C=S) groups is 1. The SMILES string of the molecule is Cc1cc([C@H]2[C@@H](c3ccccn3)NC(=S)N2CCCO)c(C)n1-c1cccc(Cl)c1Cl. The van der Waals surface area contributed by atoms with Gasteiger partial charge in [-0.3, -0.25) is 4.98 Å². The molecular formula is C23H24Cl2N4OS. The van der Waals surface area contributed by atoms with Crippen LogP contribution in [0.25, 0.3) is 5.69 Å². The molecule has 0 saturated carbocycles. The van der Waals surface area contributed by atoms with E-state index in [2.05, 4.69) is 39.7 Å². The third kappa shape index (κ3) is 4.05. The Hall–Kier alpha value is -2.12. The maximum atomic E-state index is 9.43. The second-order valence-electron chi connectivity index (χ2n) is 7.63. The van der Waals surface area contributed by atoms with E-state index >= 15 is 0 Å². The summed E-state index contributed by atoms with van der Waals surface area (Å²) in [5.74, 6) is 0. The van der Waals surface area contributed by atoms with Crippen molar-refractivity contribution in [1.29, 1.82) is 0 Å². The average molecular weight is 475 g/mol. The molecule has 0 radical (unpaired) electrons. The normalized spacial score (nSPS) is 18.5. The lowest BCUT2D eigenvalue weighted by molar-refractivity contribution is 0.247. The van der Waals surface area contributed by atoms with E-state index in [0.29, 0.717) is 28.1 Å². The number of benzene rings is 1. The summed E-state index contributed by atoms with van der Waals surface area (Å²) in [5, 5.41) is 14.6. The Kier molecular flexibility index (Phi) is 6.53. The third-order valence-corrected chi connectivity index (χ3v) is 6.88. The van der Waals surface area contributed by atoms with E-state index in [4.69, 9.17) is 35.4 Å². The van der Waals surface area contributed by atoms with Crippen LogP contribution in [0.15, 0.2) is 48.7 Å². The van der Waals surface area contributed by atoms with Crippen molar-refractivity contribution >= 4 is 40.5 Å². The largest absolute Gasteiger partial charge is 0.396 e. The Morgan fingerprint density at radius 3 is 2.68 bits per heavy atom. The predicted octanol–water partition coefficient (Wildman–Crippen LogP) is 5.15. The highest BCUT2D eigenvalue weighted by Gasteiger charge is 2.41. The Labute approximate surface area is 197 Å². The number of halogens is 2. The number of hydrogen-bond acceptors (Lipinski definition) is 3. The smallest absolute Gasteiger partial charge is 0.170 e. The van der Waals surface area contributed by atoms with Gasteiger partial charge in [0, 0.05) is 30.7 Å². The van der Waals surface area contributed by atoms with E-state index in [1.54, 1.807) is 12.3 Å². The zero-order chi connectivity index (χ0) is 22.1. The molecule has 4 rings (SSSR count). The van der Waals surface area contributed by atoms with Gasteiger partial charge in [-0.05, 0) is 68.4 Å². The zero-order valence-electron chi connectivity index (χ0n) is 17.3. The van der Waals surface area contributed by atoms with Gasteiger partial charge in [-0.1, -0.05) is 35.3 Å². The molecule has 3 heterocycles. The monoisotopic (exact) mass is 474 g/mol. The number of nitrogens with one attached hydrogen (secondary N) is 1. The van der Waals surface area contributed by atoms with E-state index in [0.717, 1.165) is 28.3 Å². The van der Waals surface area contributed by atoms with E-state index in [-0.39, 0.29) is 18.7 Å². The number of hydrogen-bond donors (Lipinski definition) is 2. The van der Waals surface area contributed by atoms with Gasteiger partial charge in [0.25, 0.3) is 0 Å². The number of aromatic nitrogens is 2. The summed E-state index contributed by atoms with van der Waals surface area (Å²) < 4.78 is 2.13. The fourth-order valence-corrected chi connectivity index (χ4v) is 5.06. The summed E-state index contributed by atoms with van der Waals surface area (Å²) in [5.41, 5.74) is 5.02. The molecule has 2 atom stereocenters. The molecular weight excluding hydrogens is 451 g/mol. The summed E-state index contributed by atoms with van der Waals surface area (Å²) in [4.78, 5) is 6.73. The van der Waals surface area contributed by atoms with Gasteiger partial charge in [0.1, 0.15) is 0 Å². The van der Waals surface area contributed by atoms with Gasteiger partial charge in [-0.15, -0.1) is 0 Å². The molecule has 0 amide bonds. The van der Waals surface area contributed by atoms with E-state index in [1.165, 1.54) is 0 Å². The molecule has 1 fully saturated rings. The van der Waals surface area contributed by atoms with Crippen molar-refractivity contribution in [3.63, 3.8) is 0 Å². The maximum Gasteiger partial charge on any atom is 0.170 e. The molecule has 162 valence electrons. The molecule has 1 aromatic carbocycles. The molecule has 0 aliphatic carbocycles. The molecule has 2 N–H and O–H groups in total. The quantitative estimate of drug-likeness (QED) is 0.483. The van der Waals surface area contributed by atoms with Gasteiger partial charge in [-0.2, -0.15) is 0 Å². The Morgan fingerprint density at radius 1 is 1.16 bits per heavy atom. The van der Waals surface area contributed by atoms with Crippen molar-refractivity contribution < 1.29 is 5.11 Å². The van der Waals surface area contributed by atoms with Crippen LogP contribution in [0.3, 0.4) is 0 Å². The fraction of sp³-hybridized carbons (Fsp3) is 0.304. The van der Waals surface area contributed by atoms with Crippen LogP contribution >= 0.6 is 35.4 Å². The number of aryl methyl sites for hydroxylation is 1. The first-order chi connectivity index (χ1) is 14.9. The molecule has 3 aromatic rings. The van der Waals surface area contributed by atoms with Crippen molar-refractivity contribution in [2.75, 3.05) is 13.2 Å². The lowest BCUT2D eigenvalue weighted by Crippen LogP contribution is -2.31. The number of aliphatic hydroxyl groups excluding tert-OH is 1. The van der Waals surface area contributed by atoms with Crippen LogP contribution in [0.5, 0.6) is 0 Å². The van der Waals surface area contributed by atoms with Crippen LogP contribution < -0.4 is 5.32 Å². The topological polar surface area (TPSA) is 53.3 Å². The molecule has 5 nitrogen and oxygen atoms in total. The van der Waals surface area contributed by atoms with E-state index in [9.17, 15) is 5.11 Å². The number of rotatable bonds is 6. The summed E-state index contributed by atoms with van der Waals surface area (Å²) >= 11 is 18.5. The van der Waals surface area contributed by atoms with Gasteiger partial charge in [-0.25, -0.2) is 0 Å². The Bertz CT molecular complexity index is 1100. The first kappa shape index (κ1) is 22.1. The molecule has 0 bridgehead atoms. The molecule has 1 aliphatic rings. The molecule has 1 saturated heterocycles. The van der Waals surface area contributed by atoms with Gasteiger partial charge in [0.2, 0.25) is 0 Å². The first-order valence-corrected chi connectivity index (χ1v) is 11.3. The second kappa shape index (κ2) is 9.17. The van der Waals surface area contributed by atoms with Crippen molar-refractivity contribution in [3.05, 3.63) is 81.4 Å². The summed E-state index contributed by atoms with van der Waals surface area (Å²) in [6.07, 6.45) is 2.43. The molecule has 0 spiro atoms. The van der Waals surface area contributed by atoms with Crippen molar-refractivity contribution in [2.45, 2.75) is 32.4 Å². The third-order valence-electron chi connectivity index (χ3n) is 5.72. The molecule has 0 unspecified atom stereocenters. The average Bonchev–Trinajstić information content (AvgIpc) is 3.24. The minimum Gasteiger partial charge on any atom is -0.396 e. The predicted molar refractivity (Wildman–Crippen MR) is 129 cm³/mol. The van der Waals surface area contributed by atoms with E-state index < -0.39 is 0 Å². The van der Waals surface area contributed by atoms with Gasteiger partial charge < -0.3 is 19.9 Å². The second-order valence-corrected chi connectivity index (χ2v) is 8.80. The van der Waals surface area contributed by atoms with Crippen LogP contribution in [0, 0.1) is 13.8 Å². The van der Waals surface area contributed by atoms with Crippen LogP contribution in [0.2, 0.25) is 10.0 Å². The lowest BCUT2D eigenvalue weighted by Gasteiger charge is -2.28. The highest BCUT2D eigenvalue weighted by molar-refractivity contribution is 7.80. The first-order valence-electron chi connectivity index (χ1n) is 10.2. The number of aliphatic hydroxyl groups is 1. The Morgan fingerprint density at radius 2 is 1.97 bits per heavy atom. The Balaban J connectivity index is 1.84. The number of pyridine rings is 1. The van der Waals surface area contributed by atoms with Crippen molar-refractivity contribution in [2.24, 2.45) is 0 Å². The van der Waals surface area contributed by atoms with Crippen LogP contribution in [0.1, 0.15) is 41.1 Å². The molecule has 1 aliphatic heterocycles. The maximum absolute atomic E-state index is 9.43. The highest BCUT2D eigenvalue weighted by atomic mass is 35.5. The van der Waals surface area contributed by atoms with Gasteiger partial charge in [0.15, 0.2) is 5.11 Å². The van der Waals surface area contributed by atoms with Crippen LogP contribution in [-0.2, 0) is 0 Å². The van der Waals surface area contributed by atoms with E-state index in [1.807, 2.05) is 30.3 Å². The minimum atomic E-state index is -0.101. The van der Waals surface area contributed by atoms with Crippen molar-refractivity contribution in [3.8, 4) is 5.69 Å². The zero-order valence-corrected chi connectivity index (χ0v) is 19.7. The van der Waals surface area contributed by atoms with Crippen LogP contribution in [0.4, 0.5) is 0 Å². The fourth-order valence-electron chi connectivity index (χ4n) is 4.35. The van der Waals surface area contributed by atoms with Crippen molar-refractivity contribution in [1.82, 2.24) is 19.8 Å². The summed E-state index contributed by atoms with van der Waals surface area (Å²) in [6.45, 7) is 4.90. The van der Waals surface area contributed by atoms with Gasteiger partial charge in [0.05, 0.1) is 33.5 Å². The summed E-state index contributed by atoms with van der Waals surface area (Å²) in [6, 6.07) is 13.6. The summed E-state index contributed by atoms with van der Waals surface area (Å²) in [7, 11) is 0.